The first-order valence-corrected chi connectivity index (χ1v) is 6.23. The van der Waals surface area contributed by atoms with Crippen LogP contribution in [-0.4, -0.2) is 56.7 Å². The van der Waals surface area contributed by atoms with E-state index in [1.165, 1.54) is 7.11 Å². The molecule has 94 valence electrons. The van der Waals surface area contributed by atoms with Crippen LogP contribution in [0.1, 0.15) is 6.92 Å². The van der Waals surface area contributed by atoms with Gasteiger partial charge in [-0.25, -0.2) is 8.42 Å². The van der Waals surface area contributed by atoms with Crippen molar-refractivity contribution >= 4 is 21.7 Å². The van der Waals surface area contributed by atoms with Gasteiger partial charge in [0.1, 0.15) is 5.75 Å². The zero-order chi connectivity index (χ0) is 12.8. The monoisotopic (exact) mass is 253 g/mol. The minimum Gasteiger partial charge on any atom is -0.480 e. The molecule has 0 aromatic carbocycles. The van der Waals surface area contributed by atoms with Crippen molar-refractivity contribution in [3.63, 3.8) is 0 Å². The van der Waals surface area contributed by atoms with Gasteiger partial charge in [0, 0.05) is 13.7 Å². The normalized spacial score (nSPS) is 13.1. The van der Waals surface area contributed by atoms with Crippen molar-refractivity contribution in [3.8, 4) is 0 Å². The smallest absolute Gasteiger partial charge is 0.321 e. The highest BCUT2D eigenvalue weighted by atomic mass is 32.2. The van der Waals surface area contributed by atoms with E-state index < -0.39 is 32.7 Å². The minimum atomic E-state index is -3.95. The first kappa shape index (κ1) is 14.8. The molecular weight excluding hydrogens is 238 g/mol. The molecule has 7 nitrogen and oxygen atoms in total. The number of carbonyl (C=O) groups is 2. The molecule has 0 aliphatic carbocycles. The van der Waals surface area contributed by atoms with E-state index >= 15 is 0 Å². The standard InChI is InChI=1S/C8H15NO6S/c1-6(8(11)12)16(13,14)5-7(10)9-3-4-15-2/h6H,3-5H2,1-2H3,(H,9,10)(H,11,12). The molecule has 0 spiro atoms. The summed E-state index contributed by atoms with van der Waals surface area (Å²) >= 11 is 0. The van der Waals surface area contributed by atoms with E-state index in [-0.39, 0.29) is 13.2 Å². The summed E-state index contributed by atoms with van der Waals surface area (Å²) in [6.45, 7) is 1.48. The molecule has 1 amide bonds. The zero-order valence-corrected chi connectivity index (χ0v) is 9.91. The van der Waals surface area contributed by atoms with Gasteiger partial charge in [-0.1, -0.05) is 0 Å². The van der Waals surface area contributed by atoms with Gasteiger partial charge in [0.05, 0.1) is 6.61 Å². The van der Waals surface area contributed by atoms with Crippen molar-refractivity contribution in [2.45, 2.75) is 12.2 Å². The molecule has 0 aliphatic heterocycles. The number of carbonyl (C=O) groups excluding carboxylic acids is 1. The van der Waals surface area contributed by atoms with E-state index in [1.807, 2.05) is 0 Å². The molecule has 0 bridgehead atoms. The second kappa shape index (κ2) is 6.44. The summed E-state index contributed by atoms with van der Waals surface area (Å²) in [5.41, 5.74) is 0. The number of rotatable bonds is 7. The molecule has 0 radical (unpaired) electrons. The molecule has 0 rings (SSSR count). The molecule has 1 atom stereocenters. The Bertz CT molecular complexity index is 350. The molecule has 0 saturated heterocycles. The third kappa shape index (κ3) is 5.08. The van der Waals surface area contributed by atoms with Crippen LogP contribution in [0.15, 0.2) is 0 Å². The quantitative estimate of drug-likeness (QED) is 0.542. The number of hydrogen-bond acceptors (Lipinski definition) is 5. The Morgan fingerprint density at radius 1 is 1.44 bits per heavy atom. The van der Waals surface area contributed by atoms with Crippen LogP contribution in [0.2, 0.25) is 0 Å². The molecule has 0 aliphatic rings. The molecule has 8 heteroatoms. The van der Waals surface area contributed by atoms with E-state index in [9.17, 15) is 18.0 Å². The topological polar surface area (TPSA) is 110 Å². The molecule has 2 N–H and O–H groups in total. The summed E-state index contributed by atoms with van der Waals surface area (Å²) in [5.74, 6) is -3.03. The Balaban J connectivity index is 4.27. The Labute approximate surface area is 93.7 Å². The van der Waals surface area contributed by atoms with Gasteiger partial charge in [0.2, 0.25) is 5.91 Å². The zero-order valence-electron chi connectivity index (χ0n) is 9.10. The van der Waals surface area contributed by atoms with Crippen molar-refractivity contribution in [3.05, 3.63) is 0 Å². The van der Waals surface area contributed by atoms with E-state index in [0.717, 1.165) is 6.92 Å². The number of carboxylic acids is 1. The van der Waals surface area contributed by atoms with Crippen LogP contribution in [0.4, 0.5) is 0 Å². The fourth-order valence-electron chi connectivity index (χ4n) is 0.805. The van der Waals surface area contributed by atoms with Gasteiger partial charge in [-0.05, 0) is 6.92 Å². The number of ether oxygens (including phenoxy) is 1. The number of carboxylic acid groups (broad SMARTS) is 1. The lowest BCUT2D eigenvalue weighted by Crippen LogP contribution is -2.38. The second-order valence-electron chi connectivity index (χ2n) is 3.13. The Morgan fingerprint density at radius 2 is 2.00 bits per heavy atom. The molecule has 0 fully saturated rings. The van der Waals surface area contributed by atoms with Crippen molar-refractivity contribution in [2.75, 3.05) is 26.0 Å². The van der Waals surface area contributed by atoms with Gasteiger partial charge in [-0.3, -0.25) is 9.59 Å². The van der Waals surface area contributed by atoms with Crippen LogP contribution in [-0.2, 0) is 24.2 Å². The average molecular weight is 253 g/mol. The van der Waals surface area contributed by atoms with Crippen LogP contribution in [0.5, 0.6) is 0 Å². The largest absolute Gasteiger partial charge is 0.480 e. The van der Waals surface area contributed by atoms with E-state index in [0.29, 0.717) is 0 Å². The first-order valence-electron chi connectivity index (χ1n) is 4.51. The summed E-state index contributed by atoms with van der Waals surface area (Å²) in [6.07, 6.45) is 0. The predicted molar refractivity (Wildman–Crippen MR) is 55.8 cm³/mol. The number of nitrogens with one attached hydrogen (secondary N) is 1. The van der Waals surface area contributed by atoms with Crippen molar-refractivity contribution < 1.29 is 27.9 Å². The van der Waals surface area contributed by atoms with Gasteiger partial charge in [-0.15, -0.1) is 0 Å². The Morgan fingerprint density at radius 3 is 2.44 bits per heavy atom. The van der Waals surface area contributed by atoms with Gasteiger partial charge in [0.25, 0.3) is 0 Å². The summed E-state index contributed by atoms with van der Waals surface area (Å²) in [4.78, 5) is 21.6. The Kier molecular flexibility index (Phi) is 5.97. The molecule has 0 aromatic rings. The third-order valence-electron chi connectivity index (χ3n) is 1.85. The predicted octanol–water partition coefficient (Wildman–Crippen LogP) is -1.36. The molecule has 1 unspecified atom stereocenters. The molecule has 0 saturated carbocycles. The fraction of sp³-hybridized carbons (Fsp3) is 0.750. The number of amides is 1. The van der Waals surface area contributed by atoms with Crippen LogP contribution < -0.4 is 5.32 Å². The van der Waals surface area contributed by atoms with Gasteiger partial charge < -0.3 is 15.2 Å². The van der Waals surface area contributed by atoms with E-state index in [2.05, 4.69) is 10.1 Å². The molecule has 16 heavy (non-hydrogen) atoms. The lowest BCUT2D eigenvalue weighted by atomic mass is 10.5. The number of hydrogen-bond donors (Lipinski definition) is 2. The summed E-state index contributed by atoms with van der Waals surface area (Å²) in [7, 11) is -2.51. The number of methoxy groups -OCH3 is 1. The summed E-state index contributed by atoms with van der Waals surface area (Å²) in [5, 5.41) is 9.23. The molecule has 0 heterocycles. The van der Waals surface area contributed by atoms with Gasteiger partial charge in [0.15, 0.2) is 15.1 Å². The van der Waals surface area contributed by atoms with Crippen molar-refractivity contribution in [1.82, 2.24) is 5.32 Å². The third-order valence-corrected chi connectivity index (χ3v) is 3.79. The highest BCUT2D eigenvalue weighted by Crippen LogP contribution is 2.01. The minimum absolute atomic E-state index is 0.187. The average Bonchev–Trinajstić information content (AvgIpc) is 2.16. The first-order chi connectivity index (χ1) is 7.31. The van der Waals surface area contributed by atoms with Crippen LogP contribution in [0, 0.1) is 0 Å². The highest BCUT2D eigenvalue weighted by Gasteiger charge is 2.29. The molecule has 0 aromatic heterocycles. The van der Waals surface area contributed by atoms with Crippen LogP contribution in [0.25, 0.3) is 0 Å². The summed E-state index contributed by atoms with van der Waals surface area (Å²) in [6, 6.07) is 0. The maximum atomic E-state index is 11.3. The summed E-state index contributed by atoms with van der Waals surface area (Å²) < 4.78 is 27.3. The second-order valence-corrected chi connectivity index (χ2v) is 5.45. The molecular formula is C8H15NO6S. The lowest BCUT2D eigenvalue weighted by Gasteiger charge is -2.08. The van der Waals surface area contributed by atoms with E-state index in [1.54, 1.807) is 0 Å². The Hall–Kier alpha value is -1.15. The fourth-order valence-corrected chi connectivity index (χ4v) is 1.83. The van der Waals surface area contributed by atoms with E-state index in [4.69, 9.17) is 5.11 Å². The SMILES string of the molecule is COCCNC(=O)CS(=O)(=O)C(C)C(=O)O. The lowest BCUT2D eigenvalue weighted by molar-refractivity contribution is -0.136. The van der Waals surface area contributed by atoms with Crippen LogP contribution >= 0.6 is 0 Å². The van der Waals surface area contributed by atoms with Crippen molar-refractivity contribution in [1.29, 1.82) is 0 Å². The van der Waals surface area contributed by atoms with Crippen LogP contribution in [0.3, 0.4) is 0 Å². The van der Waals surface area contributed by atoms with Crippen molar-refractivity contribution in [2.24, 2.45) is 0 Å². The van der Waals surface area contributed by atoms with Gasteiger partial charge >= 0.3 is 5.97 Å². The number of aliphatic carboxylic acids is 1. The number of sulfone groups is 1. The maximum absolute atomic E-state index is 11.3. The highest BCUT2D eigenvalue weighted by molar-refractivity contribution is 7.93. The van der Waals surface area contributed by atoms with Gasteiger partial charge in [-0.2, -0.15) is 0 Å². The maximum Gasteiger partial charge on any atom is 0.321 e.